The number of carbonyl (C=O) groups is 2. The first kappa shape index (κ1) is 53.5. The molecular weight excluding hydrogens is 979 g/mol. The van der Waals surface area contributed by atoms with Crippen LogP contribution < -0.4 is 36.8 Å². The Morgan fingerprint density at radius 2 is 1.75 bits per heavy atom. The minimum absolute atomic E-state index is 0.0732. The van der Waals surface area contributed by atoms with Gasteiger partial charge in [0.25, 0.3) is 5.91 Å². The molecule has 24 heteroatoms. The van der Waals surface area contributed by atoms with Gasteiger partial charge in [-0.15, -0.1) is 0 Å². The summed E-state index contributed by atoms with van der Waals surface area (Å²) in [7, 11) is -10.8. The number of carbonyl (C=O) groups excluding carboxylic acids is 2. The van der Waals surface area contributed by atoms with Crippen molar-refractivity contribution in [2.45, 2.75) is 77.0 Å². The molecule has 1 fully saturated rings. The van der Waals surface area contributed by atoms with Crippen molar-refractivity contribution >= 4 is 52.4 Å². The number of phosphoric acid groups is 3. The van der Waals surface area contributed by atoms with Crippen molar-refractivity contribution in [1.82, 2.24) is 24.3 Å². The zero-order valence-corrected chi connectivity index (χ0v) is 42.9. The molecule has 3 heterocycles. The number of benzene rings is 3. The quantitative estimate of drug-likeness (QED) is 0.0503. The van der Waals surface area contributed by atoms with Crippen LogP contribution in [0.2, 0.25) is 0 Å². The van der Waals surface area contributed by atoms with E-state index < -0.39 is 48.1 Å². The van der Waals surface area contributed by atoms with Crippen LogP contribution in [0.3, 0.4) is 0 Å². The monoisotopic (exact) mass is 1040 g/mol. The zero-order valence-electron chi connectivity index (χ0n) is 40.2. The Balaban J connectivity index is 0.985. The van der Waals surface area contributed by atoms with Crippen LogP contribution in [0.1, 0.15) is 103 Å². The van der Waals surface area contributed by atoms with E-state index in [1.165, 1.54) is 28.2 Å². The molecular formula is C47H59N7O14P3+. The van der Waals surface area contributed by atoms with Crippen LogP contribution in [-0.4, -0.2) is 106 Å². The van der Waals surface area contributed by atoms with Crippen molar-refractivity contribution in [2.75, 3.05) is 64.6 Å². The number of aromatic nitrogens is 2. The highest BCUT2D eigenvalue weighted by atomic mass is 31.3. The Morgan fingerprint density at radius 3 is 2.46 bits per heavy atom. The van der Waals surface area contributed by atoms with Gasteiger partial charge in [-0.25, -0.2) is 23.1 Å². The summed E-state index contributed by atoms with van der Waals surface area (Å²) in [5.41, 5.74) is 13.3. The van der Waals surface area contributed by atoms with E-state index in [0.717, 1.165) is 58.1 Å². The fraction of sp³-hybridized carbons (Fsp3) is 0.426. The lowest BCUT2D eigenvalue weighted by Crippen LogP contribution is -2.43. The molecule has 380 valence electrons. The maximum Gasteiger partial charge on any atom is 0.490 e. The second-order valence-electron chi connectivity index (χ2n) is 18.2. The summed E-state index contributed by atoms with van der Waals surface area (Å²) in [4.78, 5) is 84.2. The number of nitrogens with one attached hydrogen (secondary N) is 1. The van der Waals surface area contributed by atoms with E-state index in [1.54, 1.807) is 11.9 Å². The van der Waals surface area contributed by atoms with Crippen LogP contribution >= 0.6 is 23.5 Å². The first-order valence-corrected chi connectivity index (χ1v) is 27.4. The number of anilines is 2. The van der Waals surface area contributed by atoms with Gasteiger partial charge in [0.1, 0.15) is 25.1 Å². The van der Waals surface area contributed by atoms with Crippen LogP contribution in [0.25, 0.3) is 5.57 Å². The summed E-state index contributed by atoms with van der Waals surface area (Å²) >= 11 is 0. The number of nitrogens with two attached hydrogens (primary N) is 1. The molecule has 0 bridgehead atoms. The number of amides is 2. The van der Waals surface area contributed by atoms with E-state index in [4.69, 9.17) is 20.3 Å². The molecule has 2 unspecified atom stereocenters. The molecule has 0 spiro atoms. The number of hydrogen-bond acceptors (Lipinski definition) is 13. The van der Waals surface area contributed by atoms with Crippen LogP contribution in [0.15, 0.2) is 65.6 Å². The van der Waals surface area contributed by atoms with Crippen LogP contribution in [-0.2, 0) is 48.2 Å². The van der Waals surface area contributed by atoms with Gasteiger partial charge in [0.15, 0.2) is 0 Å². The van der Waals surface area contributed by atoms with Crippen molar-refractivity contribution in [3.8, 4) is 11.8 Å². The summed E-state index contributed by atoms with van der Waals surface area (Å²) < 4.78 is 55.9. The highest BCUT2D eigenvalue weighted by Crippen LogP contribution is 2.66. The molecule has 1 aliphatic carbocycles. The van der Waals surface area contributed by atoms with Crippen molar-refractivity contribution < 1.29 is 60.7 Å². The van der Waals surface area contributed by atoms with E-state index in [-0.39, 0.29) is 54.4 Å². The summed E-state index contributed by atoms with van der Waals surface area (Å²) in [5, 5.41) is 5.15. The molecule has 21 nitrogen and oxygen atoms in total. The third-order valence-electron chi connectivity index (χ3n) is 12.7. The highest BCUT2D eigenvalue weighted by molar-refractivity contribution is 7.66. The normalized spacial score (nSPS) is 18.7. The van der Waals surface area contributed by atoms with Gasteiger partial charge in [-0.1, -0.05) is 50.0 Å². The summed E-state index contributed by atoms with van der Waals surface area (Å²) in [5.74, 6) is 4.93. The minimum atomic E-state index is -5.70. The van der Waals surface area contributed by atoms with Gasteiger partial charge in [0, 0.05) is 75.0 Å². The highest BCUT2D eigenvalue weighted by Gasteiger charge is 2.42. The minimum Gasteiger partial charge on any atom is -0.382 e. The lowest BCUT2D eigenvalue weighted by Gasteiger charge is -2.36. The molecule has 71 heavy (non-hydrogen) atoms. The number of fused-ring (bicyclic) bond motifs is 3. The van der Waals surface area contributed by atoms with Gasteiger partial charge in [0.2, 0.25) is 11.3 Å². The van der Waals surface area contributed by atoms with Crippen LogP contribution in [0.5, 0.6) is 0 Å². The van der Waals surface area contributed by atoms with Gasteiger partial charge in [0.05, 0.1) is 24.8 Å². The Kier molecular flexibility index (Phi) is 16.1. The number of nitrogens with zero attached hydrogens (tertiary/aromatic N) is 5. The van der Waals surface area contributed by atoms with Gasteiger partial charge < -0.3 is 45.2 Å². The third-order valence-corrected chi connectivity index (χ3v) is 16.5. The molecule has 1 saturated heterocycles. The summed E-state index contributed by atoms with van der Waals surface area (Å²) in [6, 6.07) is 19.1. The first-order valence-electron chi connectivity index (χ1n) is 22.9. The Morgan fingerprint density at radius 1 is 1.00 bits per heavy atom. The molecule has 4 aromatic rings. The fourth-order valence-electron chi connectivity index (χ4n) is 9.21. The van der Waals surface area contributed by atoms with Gasteiger partial charge in [-0.2, -0.15) is 13.6 Å². The predicted octanol–water partition coefficient (Wildman–Crippen LogP) is 3.28. The average Bonchev–Trinajstić information content (AvgIpc) is 3.77. The van der Waals surface area contributed by atoms with Crippen molar-refractivity contribution in [3.63, 3.8) is 0 Å². The van der Waals surface area contributed by atoms with Crippen molar-refractivity contribution in [1.29, 1.82) is 0 Å². The summed E-state index contributed by atoms with van der Waals surface area (Å²) in [6.07, 6.45) is 2.31. The average molecular weight is 1040 g/mol. The largest absolute Gasteiger partial charge is 0.490 e. The second-order valence-corrected chi connectivity index (χ2v) is 22.6. The SMILES string of the molecule is CC[N+]1=c2cc3c(cc2CCC1)=C(c1ccccc1C(=O)N(C)CCCC(=O)NCC#Cc1cn([C@H]2CC[C@@H](COP(=O)(O)OP(=O)(O)OP(=O)(O)O)O2)c(=O)nc1N)c1ccc(N(C)C)cc1C3(C)C. The Labute approximate surface area is 410 Å². The molecule has 0 radical (unpaired) electrons. The van der Waals surface area contributed by atoms with E-state index in [9.17, 15) is 37.9 Å². The molecule has 7 rings (SSSR count). The van der Waals surface area contributed by atoms with Crippen LogP contribution in [0, 0.1) is 11.8 Å². The van der Waals surface area contributed by atoms with Gasteiger partial charge >= 0.3 is 29.2 Å². The molecule has 2 amide bonds. The lowest BCUT2D eigenvalue weighted by atomic mass is 9.68. The van der Waals surface area contributed by atoms with Gasteiger partial charge in [-0.05, 0) is 89.9 Å². The number of rotatable bonds is 17. The van der Waals surface area contributed by atoms with E-state index >= 15 is 0 Å². The molecule has 2 aliphatic heterocycles. The first-order chi connectivity index (χ1) is 33.4. The fourth-order valence-corrected chi connectivity index (χ4v) is 12.3. The van der Waals surface area contributed by atoms with Gasteiger partial charge in [-0.3, -0.25) is 18.7 Å². The van der Waals surface area contributed by atoms with Crippen molar-refractivity contribution in [2.24, 2.45) is 0 Å². The molecule has 3 aromatic carbocycles. The maximum atomic E-state index is 14.4. The third kappa shape index (κ3) is 12.5. The molecule has 1 aromatic heterocycles. The van der Waals surface area contributed by atoms with E-state index in [0.29, 0.717) is 18.5 Å². The Bertz CT molecular complexity index is 3160. The number of hydrogen-bond donors (Lipinski definition) is 6. The number of aryl methyl sites for hydroxylation is 1. The summed E-state index contributed by atoms with van der Waals surface area (Å²) in [6.45, 7) is 8.25. The van der Waals surface area contributed by atoms with Crippen molar-refractivity contribution in [3.05, 3.63) is 121 Å². The van der Waals surface area contributed by atoms with Crippen LogP contribution in [0.4, 0.5) is 11.5 Å². The second kappa shape index (κ2) is 21.4. The number of ether oxygens (including phenoxy) is 1. The standard InChI is InChI=1S/C47H58N7O14P3/c1-7-53-24-11-14-30-25-37-39(27-40(30)53)47(2,3)38-26-32(51(4)5)18-20-36(38)43(37)34-15-8-9-16-35(34)45(56)52(6)23-12-17-41(55)49-22-10-13-31-28-54(46(57)50-44(31)48)42-21-19-33(66-42)29-65-70(61,62)68-71(63,64)67-69(58,59)60/h8-9,15-16,18,20,25-28,33,42H,7,11-12,14,17,19,21-24,29H2,1-6H3,(H6-,48,49,50,55,57,58,59,60,61,62,63,64)/p+1/t33-,42+/m0/s1. The molecule has 4 atom stereocenters. The number of nitrogen functional groups attached to an aromatic ring is 1. The topological polar surface area (TPSA) is 286 Å². The lowest BCUT2D eigenvalue weighted by molar-refractivity contribution is -0.121. The molecule has 7 N–H and O–H groups in total. The predicted molar refractivity (Wildman–Crippen MR) is 264 cm³/mol. The smallest absolute Gasteiger partial charge is 0.382 e. The molecule has 0 saturated carbocycles. The van der Waals surface area contributed by atoms with E-state index in [1.807, 2.05) is 38.4 Å². The Hall–Kier alpha value is -5.32. The number of phosphoric ester groups is 1. The molecule has 3 aliphatic rings. The van der Waals surface area contributed by atoms with E-state index in [2.05, 4.69) is 95.9 Å². The zero-order chi connectivity index (χ0) is 51.6. The maximum absolute atomic E-state index is 14.4.